The standard InChI is InChI=1S/C36H38O7/c1-27(37)42-36-35(41-25-31-20-12-5-13-21-31)34(40-24-30-18-10-4-11-19-30)33(39-23-29-16-8-3-9-17-29)32(43-36)26-38-22-28-14-6-2-7-15-28/h2-21,32-36H,22-26H2,1H3/t32?,33-,34?,35?,36-/m0/s1. The molecule has 0 aliphatic carbocycles. The molecule has 3 unspecified atom stereocenters. The summed E-state index contributed by atoms with van der Waals surface area (Å²) in [5, 5.41) is 0. The Morgan fingerprint density at radius 3 is 1.40 bits per heavy atom. The molecular formula is C36H38O7. The van der Waals surface area contributed by atoms with Crippen LogP contribution in [0.3, 0.4) is 0 Å². The van der Waals surface area contributed by atoms with Crippen molar-refractivity contribution in [3.05, 3.63) is 144 Å². The normalized spacial score (nSPS) is 21.7. The molecule has 0 bridgehead atoms. The summed E-state index contributed by atoms with van der Waals surface area (Å²) in [7, 11) is 0. The topological polar surface area (TPSA) is 72.5 Å². The summed E-state index contributed by atoms with van der Waals surface area (Å²) < 4.78 is 37.9. The molecule has 4 aromatic carbocycles. The Bertz CT molecular complexity index is 1350. The predicted octanol–water partition coefficient (Wildman–Crippen LogP) is 6.25. The average molecular weight is 583 g/mol. The number of hydrogen-bond donors (Lipinski definition) is 0. The third kappa shape index (κ3) is 9.32. The highest BCUT2D eigenvalue weighted by molar-refractivity contribution is 5.66. The third-order valence-corrected chi connectivity index (χ3v) is 7.12. The van der Waals surface area contributed by atoms with E-state index in [1.165, 1.54) is 6.92 Å². The Hall–Kier alpha value is -3.85. The Morgan fingerprint density at radius 1 is 0.558 bits per heavy atom. The van der Waals surface area contributed by atoms with E-state index in [9.17, 15) is 4.79 Å². The largest absolute Gasteiger partial charge is 0.433 e. The van der Waals surface area contributed by atoms with Gasteiger partial charge in [-0.15, -0.1) is 0 Å². The SMILES string of the molecule is CC(=O)O[C@H]1OC(COCc2ccccc2)[C@H](OCc2ccccc2)C(OCc2ccccc2)C1OCc1ccccc1. The minimum absolute atomic E-state index is 0.197. The highest BCUT2D eigenvalue weighted by Crippen LogP contribution is 2.31. The van der Waals surface area contributed by atoms with Crippen molar-refractivity contribution in [1.29, 1.82) is 0 Å². The van der Waals surface area contributed by atoms with Gasteiger partial charge in [0.1, 0.15) is 24.4 Å². The van der Waals surface area contributed by atoms with Gasteiger partial charge in [0.2, 0.25) is 6.29 Å². The molecule has 5 rings (SSSR count). The number of ether oxygens (including phenoxy) is 6. The zero-order valence-electron chi connectivity index (χ0n) is 24.3. The van der Waals surface area contributed by atoms with E-state index in [2.05, 4.69) is 0 Å². The van der Waals surface area contributed by atoms with E-state index in [4.69, 9.17) is 28.4 Å². The fourth-order valence-electron chi connectivity index (χ4n) is 5.01. The van der Waals surface area contributed by atoms with E-state index in [-0.39, 0.29) is 13.2 Å². The van der Waals surface area contributed by atoms with E-state index in [1.54, 1.807) is 0 Å². The van der Waals surface area contributed by atoms with Gasteiger partial charge in [-0.05, 0) is 22.3 Å². The van der Waals surface area contributed by atoms with Gasteiger partial charge in [-0.3, -0.25) is 4.79 Å². The van der Waals surface area contributed by atoms with E-state index in [0.717, 1.165) is 22.3 Å². The maximum Gasteiger partial charge on any atom is 0.305 e. The number of carbonyl (C=O) groups is 1. The second-order valence-corrected chi connectivity index (χ2v) is 10.4. The monoisotopic (exact) mass is 582 g/mol. The van der Waals surface area contributed by atoms with Gasteiger partial charge in [0, 0.05) is 6.92 Å². The first kappa shape index (κ1) is 30.6. The molecule has 7 nitrogen and oxygen atoms in total. The lowest BCUT2D eigenvalue weighted by Crippen LogP contribution is -2.62. The molecular weight excluding hydrogens is 544 g/mol. The Kier molecular flexibility index (Phi) is 11.5. The van der Waals surface area contributed by atoms with Crippen LogP contribution in [0, 0.1) is 0 Å². The van der Waals surface area contributed by atoms with Gasteiger partial charge in [-0.25, -0.2) is 0 Å². The molecule has 43 heavy (non-hydrogen) atoms. The van der Waals surface area contributed by atoms with Crippen molar-refractivity contribution >= 4 is 5.97 Å². The van der Waals surface area contributed by atoms with E-state index >= 15 is 0 Å². The molecule has 1 aliphatic heterocycles. The van der Waals surface area contributed by atoms with Crippen LogP contribution in [0.5, 0.6) is 0 Å². The van der Waals surface area contributed by atoms with Crippen molar-refractivity contribution in [2.24, 2.45) is 0 Å². The van der Waals surface area contributed by atoms with Crippen LogP contribution >= 0.6 is 0 Å². The number of esters is 1. The van der Waals surface area contributed by atoms with E-state index < -0.39 is 36.7 Å². The smallest absolute Gasteiger partial charge is 0.305 e. The minimum atomic E-state index is -1.02. The van der Waals surface area contributed by atoms with Crippen LogP contribution in [0.2, 0.25) is 0 Å². The summed E-state index contributed by atoms with van der Waals surface area (Å²) in [5.74, 6) is -0.479. The first-order valence-corrected chi connectivity index (χ1v) is 14.6. The maximum absolute atomic E-state index is 12.3. The van der Waals surface area contributed by atoms with E-state index in [1.807, 2.05) is 121 Å². The van der Waals surface area contributed by atoms with Gasteiger partial charge >= 0.3 is 5.97 Å². The lowest BCUT2D eigenvalue weighted by Gasteiger charge is -2.45. The van der Waals surface area contributed by atoms with Crippen LogP contribution in [0.25, 0.3) is 0 Å². The van der Waals surface area contributed by atoms with Gasteiger partial charge in [-0.1, -0.05) is 121 Å². The fourth-order valence-corrected chi connectivity index (χ4v) is 5.01. The second-order valence-electron chi connectivity index (χ2n) is 10.4. The lowest BCUT2D eigenvalue weighted by molar-refractivity contribution is -0.320. The molecule has 1 aliphatic rings. The van der Waals surface area contributed by atoms with Crippen LogP contribution < -0.4 is 0 Å². The molecule has 0 aromatic heterocycles. The molecule has 0 N–H and O–H groups in total. The van der Waals surface area contributed by atoms with Crippen LogP contribution in [0.15, 0.2) is 121 Å². The van der Waals surface area contributed by atoms with Crippen molar-refractivity contribution < 1.29 is 33.2 Å². The lowest BCUT2D eigenvalue weighted by atomic mass is 9.97. The van der Waals surface area contributed by atoms with Gasteiger partial charge in [-0.2, -0.15) is 0 Å². The molecule has 0 spiro atoms. The Balaban J connectivity index is 1.42. The molecule has 7 heteroatoms. The zero-order chi connectivity index (χ0) is 29.7. The summed E-state index contributed by atoms with van der Waals surface area (Å²) in [6.45, 7) is 2.87. The molecule has 1 saturated heterocycles. The highest BCUT2D eigenvalue weighted by atomic mass is 16.7. The van der Waals surface area contributed by atoms with Crippen LogP contribution in [0.1, 0.15) is 29.2 Å². The van der Waals surface area contributed by atoms with Crippen molar-refractivity contribution in [3.63, 3.8) is 0 Å². The summed E-state index contributed by atoms with van der Waals surface area (Å²) in [5.41, 5.74) is 4.02. The van der Waals surface area contributed by atoms with Crippen molar-refractivity contribution in [1.82, 2.24) is 0 Å². The van der Waals surface area contributed by atoms with Gasteiger partial charge in [0.05, 0.1) is 33.0 Å². The van der Waals surface area contributed by atoms with Crippen LogP contribution in [-0.4, -0.2) is 43.3 Å². The van der Waals surface area contributed by atoms with Crippen molar-refractivity contribution in [2.45, 2.75) is 64.1 Å². The minimum Gasteiger partial charge on any atom is -0.433 e. The van der Waals surface area contributed by atoms with E-state index in [0.29, 0.717) is 19.8 Å². The number of carbonyl (C=O) groups excluding carboxylic acids is 1. The first-order valence-electron chi connectivity index (χ1n) is 14.6. The highest BCUT2D eigenvalue weighted by Gasteiger charge is 2.50. The predicted molar refractivity (Wildman–Crippen MR) is 162 cm³/mol. The molecule has 0 amide bonds. The molecule has 4 aromatic rings. The van der Waals surface area contributed by atoms with Gasteiger partial charge in [0.25, 0.3) is 0 Å². The first-order chi connectivity index (χ1) is 21.2. The fraction of sp³-hybridized carbons (Fsp3) is 0.306. The van der Waals surface area contributed by atoms with Gasteiger partial charge in [0.15, 0.2) is 0 Å². The van der Waals surface area contributed by atoms with Crippen LogP contribution in [-0.2, 0) is 59.6 Å². The molecule has 1 heterocycles. The zero-order valence-corrected chi connectivity index (χ0v) is 24.3. The maximum atomic E-state index is 12.3. The Labute approximate surface area is 253 Å². The third-order valence-electron chi connectivity index (χ3n) is 7.12. The summed E-state index contributed by atoms with van der Waals surface area (Å²) in [4.78, 5) is 12.3. The quantitative estimate of drug-likeness (QED) is 0.163. The Morgan fingerprint density at radius 2 is 0.953 bits per heavy atom. The van der Waals surface area contributed by atoms with Crippen molar-refractivity contribution in [3.8, 4) is 0 Å². The number of benzene rings is 4. The molecule has 0 saturated carbocycles. The summed E-state index contributed by atoms with van der Waals surface area (Å²) in [6.07, 6.45) is -3.62. The average Bonchev–Trinajstić information content (AvgIpc) is 3.04. The van der Waals surface area contributed by atoms with Crippen molar-refractivity contribution in [2.75, 3.05) is 6.61 Å². The number of hydrogen-bond acceptors (Lipinski definition) is 7. The molecule has 5 atom stereocenters. The molecule has 1 fully saturated rings. The molecule has 224 valence electrons. The summed E-state index contributed by atoms with van der Waals surface area (Å²) in [6, 6.07) is 39.6. The second kappa shape index (κ2) is 16.1. The molecule has 0 radical (unpaired) electrons. The van der Waals surface area contributed by atoms with Crippen LogP contribution in [0.4, 0.5) is 0 Å². The number of rotatable bonds is 14. The summed E-state index contributed by atoms with van der Waals surface area (Å²) >= 11 is 0. The van der Waals surface area contributed by atoms with Gasteiger partial charge < -0.3 is 28.4 Å².